The smallest absolute Gasteiger partial charge is 0.243 e. The Morgan fingerprint density at radius 1 is 1.19 bits per heavy atom. The van der Waals surface area contributed by atoms with Crippen molar-refractivity contribution in [2.45, 2.75) is 17.7 Å². The second-order valence-corrected chi connectivity index (χ2v) is 8.23. The van der Waals surface area contributed by atoms with Crippen LogP contribution < -0.4 is 10.6 Å². The van der Waals surface area contributed by atoms with Crippen molar-refractivity contribution in [3.63, 3.8) is 0 Å². The Bertz CT molecular complexity index is 990. The van der Waals surface area contributed by atoms with E-state index in [4.69, 9.17) is 0 Å². The van der Waals surface area contributed by atoms with Crippen LogP contribution in [0.1, 0.15) is 12.0 Å². The van der Waals surface area contributed by atoms with Crippen LogP contribution in [0.25, 0.3) is 0 Å². The van der Waals surface area contributed by atoms with Gasteiger partial charge in [-0.15, -0.1) is 0 Å². The number of aryl methyl sites for hydroxylation is 1. The topological polar surface area (TPSA) is 95.6 Å². The van der Waals surface area contributed by atoms with E-state index in [0.717, 1.165) is 9.87 Å². The van der Waals surface area contributed by atoms with Crippen molar-refractivity contribution in [2.75, 3.05) is 24.2 Å². The zero-order valence-corrected chi connectivity index (χ0v) is 15.3. The molecular weight excluding hydrogens is 373 g/mol. The van der Waals surface area contributed by atoms with Gasteiger partial charge in [0.2, 0.25) is 21.8 Å². The van der Waals surface area contributed by atoms with Gasteiger partial charge in [0.15, 0.2) is 0 Å². The summed E-state index contributed by atoms with van der Waals surface area (Å²) in [6.07, 6.45) is 0.756. The maximum atomic E-state index is 12.9. The average Bonchev–Trinajstić information content (AvgIpc) is 2.63. The van der Waals surface area contributed by atoms with Gasteiger partial charge in [0.1, 0.15) is 5.82 Å². The Morgan fingerprint density at radius 3 is 2.59 bits per heavy atom. The fraction of sp³-hybridized carbons (Fsp3) is 0.222. The van der Waals surface area contributed by atoms with Crippen LogP contribution in [0.15, 0.2) is 47.4 Å². The molecule has 9 heteroatoms. The number of fused-ring (bicyclic) bond motifs is 1. The Morgan fingerprint density at radius 2 is 1.89 bits per heavy atom. The van der Waals surface area contributed by atoms with Crippen molar-refractivity contribution in [3.05, 3.63) is 53.8 Å². The van der Waals surface area contributed by atoms with E-state index in [-0.39, 0.29) is 10.8 Å². The van der Waals surface area contributed by atoms with E-state index in [1.54, 1.807) is 6.07 Å². The van der Waals surface area contributed by atoms with Crippen LogP contribution in [0, 0.1) is 5.82 Å². The predicted molar refractivity (Wildman–Crippen MR) is 98.2 cm³/mol. The molecule has 7 nitrogen and oxygen atoms in total. The van der Waals surface area contributed by atoms with E-state index < -0.39 is 28.3 Å². The normalized spacial score (nSPS) is 13.8. The highest BCUT2D eigenvalue weighted by Gasteiger charge is 2.25. The van der Waals surface area contributed by atoms with Crippen LogP contribution in [0.2, 0.25) is 0 Å². The molecule has 0 radical (unpaired) electrons. The number of sulfonamides is 1. The quantitative estimate of drug-likeness (QED) is 0.815. The van der Waals surface area contributed by atoms with Gasteiger partial charge in [-0.25, -0.2) is 12.8 Å². The number of hydrogen-bond acceptors (Lipinski definition) is 4. The van der Waals surface area contributed by atoms with E-state index in [1.807, 2.05) is 0 Å². The molecule has 27 heavy (non-hydrogen) atoms. The zero-order valence-electron chi connectivity index (χ0n) is 14.5. The lowest BCUT2D eigenvalue weighted by atomic mass is 10.0. The number of anilines is 2. The summed E-state index contributed by atoms with van der Waals surface area (Å²) < 4.78 is 39.3. The number of amides is 2. The van der Waals surface area contributed by atoms with Gasteiger partial charge in [0.25, 0.3) is 0 Å². The van der Waals surface area contributed by atoms with Crippen molar-refractivity contribution in [1.29, 1.82) is 0 Å². The first-order valence-electron chi connectivity index (χ1n) is 8.20. The van der Waals surface area contributed by atoms with Crippen LogP contribution in [-0.2, 0) is 26.0 Å². The molecular formula is C18H18FN3O4S. The lowest BCUT2D eigenvalue weighted by Crippen LogP contribution is -2.35. The number of halogens is 1. The number of likely N-dealkylation sites (N-methyl/N-ethyl adjacent to an activating group) is 1. The van der Waals surface area contributed by atoms with Crippen molar-refractivity contribution in [3.8, 4) is 0 Å². The lowest BCUT2D eigenvalue weighted by Gasteiger charge is -2.20. The summed E-state index contributed by atoms with van der Waals surface area (Å²) in [6, 6.07) is 9.63. The molecule has 0 fully saturated rings. The van der Waals surface area contributed by atoms with Crippen molar-refractivity contribution >= 4 is 33.2 Å². The van der Waals surface area contributed by atoms with E-state index in [1.165, 1.54) is 43.4 Å². The van der Waals surface area contributed by atoms with Gasteiger partial charge < -0.3 is 10.6 Å². The van der Waals surface area contributed by atoms with Crippen LogP contribution >= 0.6 is 0 Å². The molecule has 3 rings (SSSR count). The SMILES string of the molecule is CN(CC(=O)Nc1ccc(F)cc1)S(=O)(=O)c1ccc2c(c1)CCC(=O)N2. The number of benzene rings is 2. The van der Waals surface area contributed by atoms with E-state index in [0.29, 0.717) is 24.2 Å². The van der Waals surface area contributed by atoms with Crippen molar-refractivity contribution in [1.82, 2.24) is 4.31 Å². The number of carbonyl (C=O) groups is 2. The third kappa shape index (κ3) is 4.32. The highest BCUT2D eigenvalue weighted by molar-refractivity contribution is 7.89. The third-order valence-corrected chi connectivity index (χ3v) is 5.97. The molecule has 0 aromatic heterocycles. The van der Waals surface area contributed by atoms with Gasteiger partial charge in [-0.2, -0.15) is 4.31 Å². The fourth-order valence-electron chi connectivity index (χ4n) is 2.72. The molecule has 2 aromatic rings. The molecule has 1 heterocycles. The maximum Gasteiger partial charge on any atom is 0.243 e. The summed E-state index contributed by atoms with van der Waals surface area (Å²) in [5.41, 5.74) is 1.71. The molecule has 0 unspecified atom stereocenters. The Kier molecular flexibility index (Phi) is 5.24. The molecule has 0 saturated carbocycles. The molecule has 2 amide bonds. The number of carbonyl (C=O) groups excluding carboxylic acids is 2. The summed E-state index contributed by atoms with van der Waals surface area (Å²) in [7, 11) is -2.57. The molecule has 0 aliphatic carbocycles. The first-order chi connectivity index (χ1) is 12.8. The molecule has 2 N–H and O–H groups in total. The largest absolute Gasteiger partial charge is 0.326 e. The Hall–Kier alpha value is -2.78. The molecule has 0 spiro atoms. The molecule has 1 aliphatic heterocycles. The number of nitrogens with one attached hydrogen (secondary N) is 2. The third-order valence-electron chi connectivity index (χ3n) is 4.17. The van der Waals surface area contributed by atoms with Crippen LogP contribution in [0.3, 0.4) is 0 Å². The number of hydrogen-bond donors (Lipinski definition) is 2. The molecule has 0 atom stereocenters. The van der Waals surface area contributed by atoms with E-state index in [9.17, 15) is 22.4 Å². The van der Waals surface area contributed by atoms with Gasteiger partial charge in [-0.3, -0.25) is 9.59 Å². The highest BCUT2D eigenvalue weighted by atomic mass is 32.2. The van der Waals surface area contributed by atoms with E-state index >= 15 is 0 Å². The standard InChI is InChI=1S/C18H18FN3O4S/c1-22(11-18(24)20-14-5-3-13(19)4-6-14)27(25,26)15-7-8-16-12(10-15)2-9-17(23)21-16/h3-8,10H,2,9,11H2,1H3,(H,20,24)(H,21,23). The van der Waals surface area contributed by atoms with Gasteiger partial charge >= 0.3 is 0 Å². The average molecular weight is 391 g/mol. The first-order valence-corrected chi connectivity index (χ1v) is 9.64. The molecule has 2 aromatic carbocycles. The van der Waals surface area contributed by atoms with Gasteiger partial charge in [0.05, 0.1) is 11.4 Å². The molecule has 1 aliphatic rings. The maximum absolute atomic E-state index is 12.9. The second kappa shape index (κ2) is 7.45. The summed E-state index contributed by atoms with van der Waals surface area (Å²) >= 11 is 0. The minimum absolute atomic E-state index is 0.0504. The predicted octanol–water partition coefficient (Wildman–Crippen LogP) is 1.97. The summed E-state index contributed by atoms with van der Waals surface area (Å²) in [5.74, 6) is -1.08. The fourth-order valence-corrected chi connectivity index (χ4v) is 3.90. The Balaban J connectivity index is 1.71. The molecule has 0 bridgehead atoms. The van der Waals surface area contributed by atoms with Crippen molar-refractivity contribution < 1.29 is 22.4 Å². The van der Waals surface area contributed by atoms with Crippen molar-refractivity contribution in [2.24, 2.45) is 0 Å². The van der Waals surface area contributed by atoms with E-state index in [2.05, 4.69) is 10.6 Å². The first kappa shape index (κ1) is 19.0. The Labute approximate surface area is 156 Å². The minimum Gasteiger partial charge on any atom is -0.326 e. The summed E-state index contributed by atoms with van der Waals surface area (Å²) in [5, 5.41) is 5.21. The summed E-state index contributed by atoms with van der Waals surface area (Å²) in [6.45, 7) is -0.395. The monoisotopic (exact) mass is 391 g/mol. The number of rotatable bonds is 5. The lowest BCUT2D eigenvalue weighted by molar-refractivity contribution is -0.117. The number of nitrogens with zero attached hydrogens (tertiary/aromatic N) is 1. The highest BCUT2D eigenvalue weighted by Crippen LogP contribution is 2.26. The molecule has 142 valence electrons. The minimum atomic E-state index is -3.88. The van der Waals surface area contributed by atoms with Gasteiger partial charge in [-0.1, -0.05) is 0 Å². The van der Waals surface area contributed by atoms with Gasteiger partial charge in [-0.05, 0) is 54.4 Å². The van der Waals surface area contributed by atoms with Gasteiger partial charge in [0, 0.05) is 24.8 Å². The van der Waals surface area contributed by atoms with Crippen LogP contribution in [0.4, 0.5) is 15.8 Å². The summed E-state index contributed by atoms with van der Waals surface area (Å²) in [4.78, 5) is 23.5. The second-order valence-electron chi connectivity index (χ2n) is 6.18. The van der Waals surface area contributed by atoms with Crippen LogP contribution in [0.5, 0.6) is 0 Å². The van der Waals surface area contributed by atoms with Crippen LogP contribution in [-0.4, -0.2) is 38.1 Å². The zero-order chi connectivity index (χ0) is 19.6. The molecule has 0 saturated heterocycles.